The van der Waals surface area contributed by atoms with Gasteiger partial charge in [-0.25, -0.2) is 0 Å². The van der Waals surface area contributed by atoms with Gasteiger partial charge >= 0.3 is 0 Å². The van der Waals surface area contributed by atoms with Crippen LogP contribution in [0.2, 0.25) is 0 Å². The summed E-state index contributed by atoms with van der Waals surface area (Å²) < 4.78 is 0. The largest absolute Gasteiger partial charge is 0.282 e. The summed E-state index contributed by atoms with van der Waals surface area (Å²) in [6, 6.07) is 30.3. The van der Waals surface area contributed by atoms with Crippen molar-refractivity contribution in [2.45, 2.75) is 18.8 Å². The quantitative estimate of drug-likeness (QED) is 0.279. The van der Waals surface area contributed by atoms with E-state index in [-0.39, 0.29) is 16.5 Å². The first-order valence-corrected chi connectivity index (χ1v) is 11.5. The summed E-state index contributed by atoms with van der Waals surface area (Å²) in [4.78, 5) is 25.4. The first-order chi connectivity index (χ1) is 16.6. The number of nitrogens with zero attached hydrogens (tertiary/aromatic N) is 3. The molecule has 6 nitrogen and oxygen atoms in total. The molecule has 1 aliphatic rings. The lowest BCUT2D eigenvalue weighted by atomic mass is 9.90. The van der Waals surface area contributed by atoms with E-state index in [0.717, 1.165) is 35.0 Å². The normalized spacial score (nSPS) is 13.9. The molecule has 0 spiro atoms. The number of benzene rings is 4. The lowest BCUT2D eigenvalue weighted by Crippen LogP contribution is -2.52. The average Bonchev–Trinajstić information content (AvgIpc) is 2.89. The second-order valence-corrected chi connectivity index (χ2v) is 8.45. The number of fused-ring (bicyclic) bond motifs is 1. The number of amides is 1. The third kappa shape index (κ3) is 3.99. The molecule has 1 fully saturated rings. The van der Waals surface area contributed by atoms with Crippen molar-refractivity contribution in [3.63, 3.8) is 0 Å². The van der Waals surface area contributed by atoms with Crippen molar-refractivity contribution in [1.29, 1.82) is 0 Å². The van der Waals surface area contributed by atoms with E-state index >= 15 is 0 Å². The van der Waals surface area contributed by atoms with E-state index in [1.807, 2.05) is 82.8 Å². The van der Waals surface area contributed by atoms with E-state index in [1.54, 1.807) is 24.3 Å². The Bertz CT molecular complexity index is 1290. The summed E-state index contributed by atoms with van der Waals surface area (Å²) >= 11 is 0. The van der Waals surface area contributed by atoms with Crippen molar-refractivity contribution in [3.05, 3.63) is 118 Å². The van der Waals surface area contributed by atoms with Gasteiger partial charge in [0.15, 0.2) is 0 Å². The zero-order valence-corrected chi connectivity index (χ0v) is 18.7. The maximum absolute atomic E-state index is 14.2. The van der Waals surface area contributed by atoms with Gasteiger partial charge in [-0.2, -0.15) is 0 Å². The van der Waals surface area contributed by atoms with Gasteiger partial charge in [-0.3, -0.25) is 24.9 Å². The van der Waals surface area contributed by atoms with E-state index in [0.29, 0.717) is 18.5 Å². The maximum Gasteiger partial charge on any atom is 0.277 e. The molecule has 1 amide bonds. The van der Waals surface area contributed by atoms with Crippen LogP contribution < -0.4 is 5.01 Å². The SMILES string of the molecule is O=C(C(c1ccccc1)c1ccccc1)N1CCCCN1c1ccc([N+](=O)[O-])c2ccccc12. The Morgan fingerprint density at radius 2 is 1.29 bits per heavy atom. The van der Waals surface area contributed by atoms with Gasteiger partial charge in [0.1, 0.15) is 0 Å². The van der Waals surface area contributed by atoms with E-state index in [2.05, 4.69) is 0 Å². The molecular formula is C28H25N3O3. The Morgan fingerprint density at radius 3 is 1.91 bits per heavy atom. The molecule has 1 heterocycles. The number of hydrogen-bond acceptors (Lipinski definition) is 4. The number of carbonyl (C=O) groups is 1. The maximum atomic E-state index is 14.2. The summed E-state index contributed by atoms with van der Waals surface area (Å²) in [6.45, 7) is 1.27. The molecule has 0 saturated carbocycles. The van der Waals surface area contributed by atoms with Gasteiger partial charge in [0.2, 0.25) is 0 Å². The molecule has 5 rings (SSSR count). The third-order valence-corrected chi connectivity index (χ3v) is 6.40. The molecule has 0 radical (unpaired) electrons. The van der Waals surface area contributed by atoms with Crippen LogP contribution in [0.1, 0.15) is 29.9 Å². The van der Waals surface area contributed by atoms with Crippen LogP contribution in [0.5, 0.6) is 0 Å². The number of non-ortho nitro benzene ring substituents is 1. The highest BCUT2D eigenvalue weighted by Crippen LogP contribution is 2.37. The molecule has 0 aliphatic carbocycles. The lowest BCUT2D eigenvalue weighted by molar-refractivity contribution is -0.383. The van der Waals surface area contributed by atoms with Gasteiger partial charge in [0.05, 0.1) is 21.9 Å². The van der Waals surface area contributed by atoms with E-state index < -0.39 is 5.92 Å². The highest BCUT2D eigenvalue weighted by molar-refractivity contribution is 6.01. The van der Waals surface area contributed by atoms with Crippen molar-refractivity contribution >= 4 is 28.1 Å². The molecule has 0 bridgehead atoms. The van der Waals surface area contributed by atoms with Crippen LogP contribution in [0.3, 0.4) is 0 Å². The molecular weight excluding hydrogens is 426 g/mol. The summed E-state index contributed by atoms with van der Waals surface area (Å²) in [5.74, 6) is -0.438. The fraction of sp³-hybridized carbons (Fsp3) is 0.179. The second-order valence-electron chi connectivity index (χ2n) is 8.45. The molecule has 6 heteroatoms. The molecule has 0 unspecified atom stereocenters. The first-order valence-electron chi connectivity index (χ1n) is 11.5. The van der Waals surface area contributed by atoms with Gasteiger partial charge in [-0.05, 0) is 36.1 Å². The molecule has 0 aromatic heterocycles. The minimum Gasteiger partial charge on any atom is -0.282 e. The topological polar surface area (TPSA) is 66.7 Å². The summed E-state index contributed by atoms with van der Waals surface area (Å²) in [5.41, 5.74) is 2.77. The van der Waals surface area contributed by atoms with Crippen LogP contribution in [0.15, 0.2) is 97.1 Å². The minimum absolute atomic E-state index is 0.000432. The minimum atomic E-state index is -0.438. The van der Waals surface area contributed by atoms with E-state index in [1.165, 1.54) is 0 Å². The van der Waals surface area contributed by atoms with E-state index in [4.69, 9.17) is 0 Å². The van der Waals surface area contributed by atoms with Gasteiger partial charge < -0.3 is 0 Å². The summed E-state index contributed by atoms with van der Waals surface area (Å²) in [6.07, 6.45) is 1.85. The molecule has 0 atom stereocenters. The van der Waals surface area contributed by atoms with Gasteiger partial charge in [-0.1, -0.05) is 78.9 Å². The predicted molar refractivity (Wildman–Crippen MR) is 134 cm³/mol. The van der Waals surface area contributed by atoms with Crippen LogP contribution in [0.4, 0.5) is 11.4 Å². The number of nitro benzene ring substituents is 1. The Hall–Kier alpha value is -4.19. The highest BCUT2D eigenvalue weighted by Gasteiger charge is 2.33. The molecule has 1 saturated heterocycles. The molecule has 4 aromatic carbocycles. The van der Waals surface area contributed by atoms with Crippen molar-refractivity contribution < 1.29 is 9.72 Å². The number of carbonyl (C=O) groups excluding carboxylic acids is 1. The Balaban J connectivity index is 1.60. The molecule has 4 aromatic rings. The molecule has 34 heavy (non-hydrogen) atoms. The predicted octanol–water partition coefficient (Wildman–Crippen LogP) is 5.92. The summed E-state index contributed by atoms with van der Waals surface area (Å²) in [7, 11) is 0. The molecule has 170 valence electrons. The van der Waals surface area contributed by atoms with Crippen molar-refractivity contribution in [2.75, 3.05) is 18.1 Å². The van der Waals surface area contributed by atoms with Crippen molar-refractivity contribution in [1.82, 2.24) is 5.01 Å². The highest BCUT2D eigenvalue weighted by atomic mass is 16.6. The number of rotatable bonds is 5. The standard InChI is InChI=1S/C28H25N3O3/c32-28(27(21-11-3-1-4-12-21)22-13-5-2-6-14-22)30-20-10-9-19-29(30)25-17-18-26(31(33)34)24-16-8-7-15-23(24)25/h1-8,11-18,27H,9-10,19-20H2. The second kappa shape index (κ2) is 9.35. The monoisotopic (exact) mass is 451 g/mol. The zero-order valence-electron chi connectivity index (χ0n) is 18.7. The Labute approximate surface area is 198 Å². The van der Waals surface area contributed by atoms with Crippen LogP contribution >= 0.6 is 0 Å². The third-order valence-electron chi connectivity index (χ3n) is 6.40. The van der Waals surface area contributed by atoms with Crippen molar-refractivity contribution in [2.24, 2.45) is 0 Å². The summed E-state index contributed by atoms with van der Waals surface area (Å²) in [5, 5.41) is 16.8. The van der Waals surface area contributed by atoms with Gasteiger partial charge in [-0.15, -0.1) is 0 Å². The number of anilines is 1. The first kappa shape index (κ1) is 21.6. The fourth-order valence-electron chi connectivity index (χ4n) is 4.81. The number of nitro groups is 1. The van der Waals surface area contributed by atoms with Gasteiger partial charge in [0.25, 0.3) is 11.6 Å². The average molecular weight is 452 g/mol. The van der Waals surface area contributed by atoms with Crippen LogP contribution in [0.25, 0.3) is 10.8 Å². The van der Waals surface area contributed by atoms with Crippen molar-refractivity contribution in [3.8, 4) is 0 Å². The molecule has 0 N–H and O–H groups in total. The van der Waals surface area contributed by atoms with Crippen LogP contribution in [0, 0.1) is 10.1 Å². The van der Waals surface area contributed by atoms with Gasteiger partial charge in [0, 0.05) is 24.5 Å². The van der Waals surface area contributed by atoms with E-state index in [9.17, 15) is 14.9 Å². The van der Waals surface area contributed by atoms with Crippen LogP contribution in [-0.2, 0) is 4.79 Å². The van der Waals surface area contributed by atoms with Crippen LogP contribution in [-0.4, -0.2) is 28.9 Å². The Morgan fingerprint density at radius 1 is 0.735 bits per heavy atom. The fourth-order valence-corrected chi connectivity index (χ4v) is 4.81. The molecule has 1 aliphatic heterocycles. The lowest BCUT2D eigenvalue weighted by Gasteiger charge is -2.42. The zero-order chi connectivity index (χ0) is 23.5. The smallest absolute Gasteiger partial charge is 0.277 e. The number of hydrazine groups is 1. The Kier molecular flexibility index (Phi) is 5.95. The number of hydrogen-bond donors (Lipinski definition) is 0.